The van der Waals surface area contributed by atoms with Crippen LogP contribution in [0.1, 0.15) is 25.0 Å². The van der Waals surface area contributed by atoms with Crippen molar-refractivity contribution in [3.05, 3.63) is 70.4 Å². The maximum Gasteiger partial charge on any atom is 0.241 e. The van der Waals surface area contributed by atoms with Gasteiger partial charge in [0, 0.05) is 35.3 Å². The Morgan fingerprint density at radius 1 is 1.10 bits per heavy atom. The van der Waals surface area contributed by atoms with Crippen LogP contribution in [0.15, 0.2) is 49.2 Å². The van der Waals surface area contributed by atoms with Crippen LogP contribution < -0.4 is 19.5 Å². The number of rotatable bonds is 10. The summed E-state index contributed by atoms with van der Waals surface area (Å²) in [5, 5.41) is 4.49. The first-order valence-electron chi connectivity index (χ1n) is 12.1. The second-order valence-corrected chi connectivity index (χ2v) is 9.73. The summed E-state index contributed by atoms with van der Waals surface area (Å²) in [6, 6.07) is 9.12. The Bertz CT molecular complexity index is 1550. The number of ether oxygens (including phenoxy) is 3. The summed E-state index contributed by atoms with van der Waals surface area (Å²) in [5.41, 5.74) is 3.88. The van der Waals surface area contributed by atoms with Gasteiger partial charge in [0.2, 0.25) is 11.8 Å². The van der Waals surface area contributed by atoms with Gasteiger partial charge in [0.05, 0.1) is 36.1 Å². The molecule has 39 heavy (non-hydrogen) atoms. The van der Waals surface area contributed by atoms with Gasteiger partial charge in [0.25, 0.3) is 0 Å². The maximum absolute atomic E-state index is 12.1. The van der Waals surface area contributed by atoms with Crippen LogP contribution in [0.5, 0.6) is 17.4 Å². The highest BCUT2D eigenvalue weighted by molar-refractivity contribution is 6.41. The minimum atomic E-state index is -0.194. The van der Waals surface area contributed by atoms with Crippen LogP contribution in [-0.2, 0) is 11.2 Å². The molecule has 2 heterocycles. The van der Waals surface area contributed by atoms with Crippen molar-refractivity contribution in [3.63, 3.8) is 0 Å². The summed E-state index contributed by atoms with van der Waals surface area (Å²) in [6.07, 6.45) is 2.99. The lowest BCUT2D eigenvalue weighted by Gasteiger charge is -2.17. The number of allylic oxidation sites excluding steroid dienone is 1. The predicted octanol–water partition coefficient (Wildman–Crippen LogP) is 7.15. The Morgan fingerprint density at radius 3 is 2.41 bits per heavy atom. The minimum absolute atomic E-state index is 0.0843. The number of nitrogens with one attached hydrogen (secondary N) is 1. The first-order valence-corrected chi connectivity index (χ1v) is 12.9. The number of carbonyl (C=O) groups excluding carboxylic acids is 1. The molecule has 4 rings (SSSR count). The molecule has 0 amide bonds. The van der Waals surface area contributed by atoms with E-state index in [2.05, 4.69) is 16.9 Å². The minimum Gasteiger partial charge on any atom is -0.495 e. The molecule has 0 aliphatic heterocycles. The average Bonchev–Trinajstić information content (AvgIpc) is 2.90. The molecule has 0 saturated heterocycles. The topological polar surface area (TPSA) is 95.5 Å². The van der Waals surface area contributed by atoms with Gasteiger partial charge in [-0.15, -0.1) is 0 Å². The fourth-order valence-electron chi connectivity index (χ4n) is 4.04. The number of aryl methyl sites for hydroxylation is 1. The first-order chi connectivity index (χ1) is 18.7. The third kappa shape index (κ3) is 5.92. The number of nitrogens with zero attached hydrogens (tertiary/aromatic N) is 3. The van der Waals surface area contributed by atoms with E-state index in [1.807, 2.05) is 39.0 Å². The van der Waals surface area contributed by atoms with Gasteiger partial charge in [-0.2, -0.15) is 0 Å². The number of methoxy groups -OCH3 is 2. The molecule has 0 aliphatic rings. The predicted molar refractivity (Wildman–Crippen MR) is 155 cm³/mol. The van der Waals surface area contributed by atoms with Crippen LogP contribution in [0.3, 0.4) is 0 Å². The Labute approximate surface area is 237 Å². The van der Waals surface area contributed by atoms with E-state index in [1.54, 1.807) is 18.3 Å². The summed E-state index contributed by atoms with van der Waals surface area (Å²) < 4.78 is 16.9. The van der Waals surface area contributed by atoms with Crippen molar-refractivity contribution in [3.8, 4) is 28.6 Å². The number of hydrogen-bond donors (Lipinski definition) is 1. The largest absolute Gasteiger partial charge is 0.495 e. The number of fused-ring (bicyclic) bond motifs is 1. The number of hydrogen-bond acceptors (Lipinski definition) is 8. The molecule has 8 nitrogen and oxygen atoms in total. The molecular weight excluding hydrogens is 539 g/mol. The lowest BCUT2D eigenvalue weighted by atomic mass is 10.0. The second-order valence-electron chi connectivity index (χ2n) is 8.98. The molecule has 0 saturated carbocycles. The van der Waals surface area contributed by atoms with Gasteiger partial charge in [0.1, 0.15) is 17.0 Å². The molecule has 1 N–H and O–H groups in total. The fraction of sp³-hybridized carbons (Fsp3) is 0.241. The number of pyridine rings is 1. The smallest absolute Gasteiger partial charge is 0.241 e. The van der Waals surface area contributed by atoms with E-state index < -0.39 is 0 Å². The van der Waals surface area contributed by atoms with Crippen molar-refractivity contribution >= 4 is 51.5 Å². The van der Waals surface area contributed by atoms with Gasteiger partial charge in [-0.05, 0) is 44.0 Å². The Hall–Kier alpha value is -3.88. The molecule has 0 fully saturated rings. The number of aromatic nitrogens is 3. The van der Waals surface area contributed by atoms with Crippen molar-refractivity contribution in [2.45, 2.75) is 33.3 Å². The van der Waals surface area contributed by atoms with Gasteiger partial charge in [-0.3, -0.25) is 4.79 Å². The Kier molecular flexibility index (Phi) is 8.57. The zero-order valence-electron chi connectivity index (χ0n) is 22.3. The van der Waals surface area contributed by atoms with Crippen molar-refractivity contribution in [1.82, 2.24) is 15.0 Å². The molecule has 202 valence electrons. The lowest BCUT2D eigenvalue weighted by molar-refractivity contribution is -0.114. The average molecular weight is 567 g/mol. The summed E-state index contributed by atoms with van der Waals surface area (Å²) >= 11 is 13.3. The molecule has 0 aliphatic carbocycles. The van der Waals surface area contributed by atoms with Crippen LogP contribution >= 0.6 is 23.2 Å². The van der Waals surface area contributed by atoms with E-state index >= 15 is 0 Å². The first kappa shape index (κ1) is 28.1. The van der Waals surface area contributed by atoms with Gasteiger partial charge in [-0.25, -0.2) is 15.0 Å². The third-order valence-electron chi connectivity index (χ3n) is 5.90. The monoisotopic (exact) mass is 566 g/mol. The standard InChI is InChI=1S/C29H28Cl2N4O4/c1-7-19(36)11-17-10-8-9-16(4)26(17)34-29-32-14-18-12-20(33-28(27(18)35-29)39-15(2)3)23-24(30)21(37-5)13-22(38-6)25(23)31/h7-10,12-15H,1,11H2,2-6H3,(H,32,34,35). The lowest BCUT2D eigenvalue weighted by Crippen LogP contribution is -2.10. The number of carbonyl (C=O) groups is 1. The summed E-state index contributed by atoms with van der Waals surface area (Å²) in [7, 11) is 3.02. The van der Waals surface area contributed by atoms with E-state index in [0.29, 0.717) is 39.6 Å². The summed E-state index contributed by atoms with van der Waals surface area (Å²) in [4.78, 5) is 26.0. The molecule has 0 bridgehead atoms. The normalized spacial score (nSPS) is 11.0. The molecule has 0 atom stereocenters. The molecule has 2 aromatic heterocycles. The second kappa shape index (κ2) is 11.9. The Balaban J connectivity index is 1.86. The number of halogens is 2. The summed E-state index contributed by atoms with van der Waals surface area (Å²) in [6.45, 7) is 9.31. The van der Waals surface area contributed by atoms with E-state index in [-0.39, 0.29) is 34.2 Å². The number of benzene rings is 2. The van der Waals surface area contributed by atoms with Crippen molar-refractivity contribution in [1.29, 1.82) is 0 Å². The molecule has 10 heteroatoms. The highest BCUT2D eigenvalue weighted by Crippen LogP contribution is 2.46. The van der Waals surface area contributed by atoms with Crippen LogP contribution in [0.25, 0.3) is 22.2 Å². The molecule has 0 unspecified atom stereocenters. The number of ketones is 1. The zero-order chi connectivity index (χ0) is 28.3. The van der Waals surface area contributed by atoms with Gasteiger partial charge < -0.3 is 19.5 Å². The van der Waals surface area contributed by atoms with Crippen LogP contribution in [-0.4, -0.2) is 41.1 Å². The highest BCUT2D eigenvalue weighted by Gasteiger charge is 2.22. The van der Waals surface area contributed by atoms with Crippen LogP contribution in [0, 0.1) is 6.92 Å². The van der Waals surface area contributed by atoms with E-state index in [4.69, 9.17) is 47.4 Å². The number of anilines is 2. The van der Waals surface area contributed by atoms with Crippen molar-refractivity contribution in [2.24, 2.45) is 0 Å². The quantitative estimate of drug-likeness (QED) is 0.202. The van der Waals surface area contributed by atoms with Crippen LogP contribution in [0.2, 0.25) is 10.0 Å². The van der Waals surface area contributed by atoms with Gasteiger partial charge >= 0.3 is 0 Å². The highest BCUT2D eigenvalue weighted by atomic mass is 35.5. The molecule has 0 spiro atoms. The van der Waals surface area contributed by atoms with E-state index in [1.165, 1.54) is 20.3 Å². The van der Waals surface area contributed by atoms with Gasteiger partial charge in [0.15, 0.2) is 5.78 Å². The SMILES string of the molecule is C=CC(=O)Cc1cccc(C)c1Nc1ncc2cc(-c3c(Cl)c(OC)cc(OC)c3Cl)nc(OC(C)C)c2n1. The van der Waals surface area contributed by atoms with Crippen LogP contribution in [0.4, 0.5) is 11.6 Å². The summed E-state index contributed by atoms with van der Waals surface area (Å²) in [5.74, 6) is 1.30. The molecule has 0 radical (unpaired) electrons. The third-order valence-corrected chi connectivity index (χ3v) is 6.65. The number of para-hydroxylation sites is 1. The zero-order valence-corrected chi connectivity index (χ0v) is 23.8. The Morgan fingerprint density at radius 2 is 1.79 bits per heavy atom. The maximum atomic E-state index is 12.1. The molecule has 4 aromatic rings. The van der Waals surface area contributed by atoms with E-state index in [9.17, 15) is 4.79 Å². The van der Waals surface area contributed by atoms with Gasteiger partial charge in [-0.1, -0.05) is 48.0 Å². The van der Waals surface area contributed by atoms with E-state index in [0.717, 1.165) is 16.8 Å². The molecule has 2 aromatic carbocycles. The molecular formula is C29H28Cl2N4O4. The van der Waals surface area contributed by atoms with Crippen molar-refractivity contribution in [2.75, 3.05) is 19.5 Å². The fourth-order valence-corrected chi connectivity index (χ4v) is 4.73. The van der Waals surface area contributed by atoms with Crippen molar-refractivity contribution < 1.29 is 19.0 Å².